The number of thiazole rings is 1. The zero-order valence-electron chi connectivity index (χ0n) is 40.9. The Morgan fingerprint density at radius 3 is 1.40 bits per heavy atom. The maximum absolute atomic E-state index is 5.06. The maximum Gasteiger partial charge on any atom is 0.180 e. The first kappa shape index (κ1) is 68.3. The predicted molar refractivity (Wildman–Crippen MR) is 258 cm³/mol. The van der Waals surface area contributed by atoms with Gasteiger partial charge >= 0.3 is 0 Å². The van der Waals surface area contributed by atoms with Crippen molar-refractivity contribution in [3.8, 4) is 0 Å². The number of aromatic amines is 1. The molecule has 1 atom stereocenters. The van der Waals surface area contributed by atoms with Crippen LogP contribution in [-0.4, -0.2) is 54.3 Å². The van der Waals surface area contributed by atoms with Crippen molar-refractivity contribution in [3.63, 3.8) is 0 Å². The number of aromatic nitrogens is 7. The molecule has 1 saturated heterocycles. The highest BCUT2D eigenvalue weighted by atomic mass is 32.1. The van der Waals surface area contributed by atoms with Gasteiger partial charge in [-0.25, -0.2) is 19.9 Å². The van der Waals surface area contributed by atoms with E-state index < -0.39 is 0 Å². The minimum absolute atomic E-state index is 0.824. The Hall–Kier alpha value is -4.35. The zero-order chi connectivity index (χ0) is 46.3. The molecular formula is C47H88N8O2S. The summed E-state index contributed by atoms with van der Waals surface area (Å²) < 4.78 is 9.78. The van der Waals surface area contributed by atoms with Gasteiger partial charge in [-0.1, -0.05) is 116 Å². The van der Waals surface area contributed by atoms with Crippen LogP contribution in [0.25, 0.3) is 0 Å². The summed E-state index contributed by atoms with van der Waals surface area (Å²) in [7, 11) is 0. The molecule has 1 fully saturated rings. The van der Waals surface area contributed by atoms with Crippen LogP contribution in [-0.2, 0) is 4.74 Å². The topological polar surface area (TPSA) is 128 Å². The molecule has 0 amide bonds. The number of rotatable bonds is 0. The van der Waals surface area contributed by atoms with Crippen molar-refractivity contribution in [2.45, 2.75) is 158 Å². The summed E-state index contributed by atoms with van der Waals surface area (Å²) in [5, 5.41) is 0. The van der Waals surface area contributed by atoms with E-state index in [4.69, 9.17) is 9.15 Å². The number of hydrogen-bond donors (Lipinski definition) is 1. The van der Waals surface area contributed by atoms with E-state index in [0.717, 1.165) is 48.3 Å². The first-order valence-corrected chi connectivity index (χ1v) is 22.1. The van der Waals surface area contributed by atoms with E-state index in [2.05, 4.69) is 52.9 Å². The highest BCUT2D eigenvalue weighted by Gasteiger charge is 2.07. The SMILES string of the molecule is CC.CC.CC.CC.CC.CC.CC.CC1=CCC=N1.CC1CCOC1.Cc1cccnc1.Cc1cnc[nH]1.Cc1cncnc1.Cc1cnco1.Cc1cncs1. The monoisotopic (exact) mass is 829 g/mol. The van der Waals surface area contributed by atoms with E-state index in [1.54, 1.807) is 48.6 Å². The van der Waals surface area contributed by atoms with Crippen molar-refractivity contribution in [2.75, 3.05) is 13.2 Å². The van der Waals surface area contributed by atoms with Crippen LogP contribution in [0.3, 0.4) is 0 Å². The summed E-state index contributed by atoms with van der Waals surface area (Å²) in [6.45, 7) is 44.0. The van der Waals surface area contributed by atoms with Gasteiger partial charge in [-0.3, -0.25) is 15.0 Å². The second kappa shape index (κ2) is 64.5. The van der Waals surface area contributed by atoms with Gasteiger partial charge in [-0.05, 0) is 71.1 Å². The predicted octanol–water partition coefficient (Wildman–Crippen LogP) is 14.9. The van der Waals surface area contributed by atoms with E-state index in [9.17, 15) is 0 Å². The number of pyridine rings is 1. The van der Waals surface area contributed by atoms with Crippen LogP contribution in [0.2, 0.25) is 0 Å². The van der Waals surface area contributed by atoms with Gasteiger partial charge in [0.05, 0.1) is 18.0 Å². The standard InChI is InChI=1S/C6H7N.C5H6N2.C5H7N.C5H10O.C4H6N2.C4H5NO.C4H5NS.7C2H6/c1-6-3-2-4-7-5-6;1-5-2-6-4-7-3-5;1-5-3-2-4-6-5;1-5-2-3-6-4-5;3*1-4-2-5-3-6-4;7*1-2/h2-5H,1H3;2-4H,1H3;3-4H,2H2,1H3;5H,2-4H2,1H3;2-3H,1H3,(H,5,6);2*2-3H,1H3;7*1-2H3. The summed E-state index contributed by atoms with van der Waals surface area (Å²) in [6, 6.07) is 3.95. The van der Waals surface area contributed by atoms with Crippen molar-refractivity contribution in [3.05, 3.63) is 119 Å². The van der Waals surface area contributed by atoms with E-state index in [1.165, 1.54) is 29.6 Å². The summed E-state index contributed by atoms with van der Waals surface area (Å²) in [5.41, 5.74) is 6.39. The molecule has 10 nitrogen and oxygen atoms in total. The molecule has 1 N–H and O–H groups in total. The highest BCUT2D eigenvalue weighted by molar-refractivity contribution is 7.09. The molecule has 7 heterocycles. The van der Waals surface area contributed by atoms with Crippen LogP contribution in [0.4, 0.5) is 0 Å². The fourth-order valence-electron chi connectivity index (χ4n) is 2.83. The second-order valence-corrected chi connectivity index (χ2v) is 10.9. The minimum atomic E-state index is 0.824. The molecule has 334 valence electrons. The van der Waals surface area contributed by atoms with Crippen molar-refractivity contribution in [2.24, 2.45) is 10.9 Å². The van der Waals surface area contributed by atoms with Crippen LogP contribution < -0.4 is 0 Å². The molecule has 0 aromatic carbocycles. The number of nitrogens with one attached hydrogen (secondary N) is 1. The number of ether oxygens (including phenoxy) is 1. The molecule has 0 radical (unpaired) electrons. The normalized spacial score (nSPS) is 11.1. The van der Waals surface area contributed by atoms with Crippen LogP contribution in [0.15, 0.2) is 101 Å². The first-order chi connectivity index (χ1) is 28.3. The minimum Gasteiger partial charge on any atom is -0.449 e. The lowest BCUT2D eigenvalue weighted by molar-refractivity contribution is 0.188. The molecule has 0 aliphatic carbocycles. The third-order valence-electron chi connectivity index (χ3n) is 5.22. The van der Waals surface area contributed by atoms with Crippen molar-refractivity contribution >= 4 is 17.6 Å². The molecule has 1 unspecified atom stereocenters. The van der Waals surface area contributed by atoms with Gasteiger partial charge in [0.1, 0.15) is 12.1 Å². The molecule has 7 rings (SSSR count). The van der Waals surface area contributed by atoms with Crippen molar-refractivity contribution < 1.29 is 9.15 Å². The number of allylic oxidation sites excluding steroid dienone is 2. The van der Waals surface area contributed by atoms with E-state index in [1.807, 2.05) is 175 Å². The molecular weight excluding hydrogens is 741 g/mol. The first-order valence-electron chi connectivity index (χ1n) is 21.3. The molecule has 58 heavy (non-hydrogen) atoms. The summed E-state index contributed by atoms with van der Waals surface area (Å²) >= 11 is 1.67. The van der Waals surface area contributed by atoms with Crippen LogP contribution in [0.5, 0.6) is 0 Å². The van der Waals surface area contributed by atoms with Gasteiger partial charge in [-0.15, -0.1) is 11.3 Å². The number of nitrogens with zero attached hydrogens (tertiary/aromatic N) is 7. The quantitative estimate of drug-likeness (QED) is 0.163. The van der Waals surface area contributed by atoms with Gasteiger partial charge in [0.25, 0.3) is 0 Å². The molecule has 5 aromatic rings. The second-order valence-electron chi connectivity index (χ2n) is 9.77. The smallest absolute Gasteiger partial charge is 0.180 e. The van der Waals surface area contributed by atoms with Gasteiger partial charge in [0.2, 0.25) is 0 Å². The third-order valence-corrected chi connectivity index (χ3v) is 5.92. The molecule has 2 aliphatic rings. The zero-order valence-corrected chi connectivity index (χ0v) is 41.7. The number of aryl methyl sites for hydroxylation is 5. The fourth-order valence-corrected chi connectivity index (χ4v) is 3.24. The number of H-pyrrole nitrogens is 1. The van der Waals surface area contributed by atoms with Crippen LogP contribution >= 0.6 is 11.3 Å². The Labute approximate surface area is 362 Å². The van der Waals surface area contributed by atoms with E-state index >= 15 is 0 Å². The summed E-state index contributed by atoms with van der Waals surface area (Å²) in [4.78, 5) is 30.8. The van der Waals surface area contributed by atoms with Crippen LogP contribution in [0, 0.1) is 40.5 Å². The summed E-state index contributed by atoms with van der Waals surface area (Å²) in [5.74, 6) is 1.68. The van der Waals surface area contributed by atoms with Gasteiger partial charge in [-0.2, -0.15) is 0 Å². The Morgan fingerprint density at radius 1 is 0.655 bits per heavy atom. The molecule has 5 aromatic heterocycles. The molecule has 2 aliphatic heterocycles. The molecule has 11 heteroatoms. The van der Waals surface area contributed by atoms with Gasteiger partial charge < -0.3 is 14.1 Å². The number of aliphatic imine (C=N–C) groups is 1. The Bertz CT molecular complexity index is 1230. The van der Waals surface area contributed by atoms with E-state index in [-0.39, 0.29) is 0 Å². The van der Waals surface area contributed by atoms with Gasteiger partial charge in [0.15, 0.2) is 6.39 Å². The highest BCUT2D eigenvalue weighted by Crippen LogP contribution is 2.09. The maximum atomic E-state index is 5.06. The van der Waals surface area contributed by atoms with Gasteiger partial charge in [0, 0.05) is 79.3 Å². The molecule has 0 saturated carbocycles. The van der Waals surface area contributed by atoms with Crippen molar-refractivity contribution in [1.29, 1.82) is 0 Å². The summed E-state index contributed by atoms with van der Waals surface area (Å²) in [6.07, 6.45) is 23.3. The lowest BCUT2D eigenvalue weighted by Crippen LogP contribution is -1.88. The largest absolute Gasteiger partial charge is 0.449 e. The fraction of sp³-hybridized carbons (Fsp3) is 0.553. The van der Waals surface area contributed by atoms with E-state index in [0.29, 0.717) is 0 Å². The molecule has 0 bridgehead atoms. The molecule has 0 spiro atoms. The number of hydrogen-bond acceptors (Lipinski definition) is 10. The number of oxazole rings is 1. The lowest BCUT2D eigenvalue weighted by atomic mass is 10.2. The average Bonchev–Trinajstić information content (AvgIpc) is 4.18. The van der Waals surface area contributed by atoms with Crippen LogP contribution in [0.1, 0.15) is 151 Å². The van der Waals surface area contributed by atoms with Crippen molar-refractivity contribution in [1.82, 2.24) is 34.9 Å². The Kier molecular flexibility index (Phi) is 76.0. The average molecular weight is 829 g/mol. The third kappa shape index (κ3) is 60.9. The Morgan fingerprint density at radius 2 is 1.24 bits per heavy atom. The lowest BCUT2D eigenvalue weighted by Gasteiger charge is -1.89. The Balaban J connectivity index is -0.0000000996. The number of imidazole rings is 1.